The van der Waals surface area contributed by atoms with Crippen molar-refractivity contribution in [2.24, 2.45) is 0 Å². The molecule has 0 saturated carbocycles. The van der Waals surface area contributed by atoms with E-state index in [2.05, 4.69) is 60.5 Å². The fourth-order valence-electron chi connectivity index (χ4n) is 12.1. The Labute approximate surface area is 709 Å². The average molecular weight is 1810 g/mol. The number of hydrogen-bond acceptors (Lipinski definition) is 30. The number of aromatic amines is 3. The Morgan fingerprint density at radius 3 is 1.18 bits per heavy atom. The van der Waals surface area contributed by atoms with Gasteiger partial charge in [0.25, 0.3) is 0 Å². The summed E-state index contributed by atoms with van der Waals surface area (Å²) in [6.07, 6.45) is 10.6. The van der Waals surface area contributed by atoms with Crippen LogP contribution in [0.2, 0.25) is 0 Å². The number of nitrogens with one attached hydrogen (secondary N) is 5. The zero-order chi connectivity index (χ0) is 90.1. The molecule has 6 aliphatic heterocycles. The second-order valence-corrected chi connectivity index (χ2v) is 35.3. The molecule has 0 aliphatic carbocycles. The summed E-state index contributed by atoms with van der Waals surface area (Å²) in [7, 11) is -17.0. The predicted molar refractivity (Wildman–Crippen MR) is 459 cm³/mol. The third kappa shape index (κ3) is 29.0. The Morgan fingerprint density at radius 2 is 0.828 bits per heavy atom. The number of anilines is 6. The zero-order valence-corrected chi connectivity index (χ0v) is 74.7. The highest BCUT2D eigenvalue weighted by molar-refractivity contribution is 7.93. The van der Waals surface area contributed by atoms with Gasteiger partial charge in [-0.05, 0) is 83.8 Å². The number of aromatic nitrogens is 9. The van der Waals surface area contributed by atoms with Gasteiger partial charge in [-0.1, -0.05) is 135 Å². The Hall–Kier alpha value is -11.7. The van der Waals surface area contributed by atoms with E-state index in [1.165, 1.54) is 34.0 Å². The van der Waals surface area contributed by atoms with Crippen molar-refractivity contribution in [1.82, 2.24) is 55.7 Å². The minimum Gasteiger partial charge on any atom is -0.486 e. The molecule has 672 valence electrons. The van der Waals surface area contributed by atoms with E-state index in [0.29, 0.717) is 89.5 Å². The number of carbonyl (C=O) groups excluding carboxylic acids is 2. The number of imide groups is 1. The molecule has 10 heterocycles. The summed E-state index contributed by atoms with van der Waals surface area (Å²) in [5, 5.41) is 25.7. The molecule has 0 bridgehead atoms. The number of ether oxygens (including phenoxy) is 6. The van der Waals surface area contributed by atoms with Crippen LogP contribution in [0.5, 0.6) is 34.8 Å². The molecule has 0 unspecified atom stereocenters. The normalized spacial score (nSPS) is 17.1. The number of aryl methyl sites for hydroxylation is 1. The van der Waals surface area contributed by atoms with Crippen LogP contribution < -0.4 is 77.8 Å². The summed E-state index contributed by atoms with van der Waals surface area (Å²) in [4.78, 5) is 61.4. The van der Waals surface area contributed by atoms with Crippen LogP contribution in [0, 0.1) is 0 Å². The van der Waals surface area contributed by atoms with Crippen molar-refractivity contribution in [3.8, 4) is 34.8 Å². The lowest BCUT2D eigenvalue weighted by atomic mass is 10.1. The number of benzene rings is 5. The molecule has 5 aromatic carbocycles. The molecule has 122 heavy (non-hydrogen) atoms. The third-order valence-corrected chi connectivity index (χ3v) is 22.9. The van der Waals surface area contributed by atoms with Crippen molar-refractivity contribution >= 4 is 96.4 Å². The van der Waals surface area contributed by atoms with Gasteiger partial charge in [0.15, 0.2) is 0 Å². The number of nitrogens with zero attached hydrogens (tertiary/aromatic N) is 12. The molecule has 15 rings (SSSR count). The molecule has 5 N–H and O–H groups in total. The van der Waals surface area contributed by atoms with Gasteiger partial charge in [0.2, 0.25) is 67.9 Å². The Morgan fingerprint density at radius 1 is 0.451 bits per heavy atom. The second-order valence-electron chi connectivity index (χ2n) is 25.7. The van der Waals surface area contributed by atoms with E-state index < -0.39 is 85.6 Å². The van der Waals surface area contributed by atoms with E-state index >= 15 is 0 Å². The first-order valence-corrected chi connectivity index (χ1v) is 48.6. The third-order valence-electron chi connectivity index (χ3n) is 17.2. The standard InChI is InChI=1S/C14H18N4O3S.C14H17N3O5S.C13H16N4O5S.C13H15N3O6S.C12H13N3O5S.5C2H6/c1-22(19,20)18-11-12(5-4-9-17-10-8-15-16-17)21-14-7-3-2-6-13(14)18;1-23(20,21)17-9-10(22-12-5-3-2-4-11(12)17)6-7-16-13(18)8-15-14(16)19;1-23(19,20)17-8-9(21-11-5-3-2-4-10(11)17)6-7-14-12-15-13(18)22-16-12;1-23(18,19)16-8-9(21-11-5-3-2-4-10(11)16)6-7-20-12-14-13(17)22-15-12;1-21(17,18)15-7-8(6-11-13-14-12(16)20-11)19-10-5-3-2-4-9(10)15;5*1-2/h2-3,6-8,10,12H,4-5,9,11H2,1H3;2-5,10H,6-9H2,1H3,(H,15,19);2-5,9H,6-8H2,1H3,(H2,14,15,16,18);2-5,9H,6-8H2,1H3,(H,14,15,17);2-5,8H,6-7H2,1H3,(H,14,16);5*1-2H3/t12-;10-;2*9-;8-;;;;;/m00000...../s1. The minimum atomic E-state index is -3.44. The van der Waals surface area contributed by atoms with Crippen LogP contribution in [0.15, 0.2) is 162 Å². The van der Waals surface area contributed by atoms with Gasteiger partial charge in [0, 0.05) is 45.1 Å². The molecule has 41 nitrogen and oxygen atoms in total. The zero-order valence-electron chi connectivity index (χ0n) is 70.6. The Bertz CT molecular complexity index is 5400. The topological polar surface area (TPSA) is 511 Å². The van der Waals surface area contributed by atoms with Crippen LogP contribution in [-0.2, 0) is 67.9 Å². The summed E-state index contributed by atoms with van der Waals surface area (Å²) in [6.45, 7) is 22.6. The van der Waals surface area contributed by atoms with Crippen LogP contribution in [-0.4, -0.2) is 225 Å². The smallest absolute Gasteiger partial charge is 0.441 e. The minimum absolute atomic E-state index is 0.00263. The van der Waals surface area contributed by atoms with Gasteiger partial charge in [-0.2, -0.15) is 0 Å². The summed E-state index contributed by atoms with van der Waals surface area (Å²) in [5.74, 6) is 0.724. The van der Waals surface area contributed by atoms with E-state index in [0.717, 1.165) is 43.1 Å². The van der Waals surface area contributed by atoms with E-state index in [1.54, 1.807) is 126 Å². The quantitative estimate of drug-likeness (QED) is 0.0411. The summed E-state index contributed by atoms with van der Waals surface area (Å²) in [5.41, 5.74) is 2.67. The van der Waals surface area contributed by atoms with E-state index in [4.69, 9.17) is 32.8 Å². The maximum absolute atomic E-state index is 12.0. The van der Waals surface area contributed by atoms with Crippen LogP contribution >= 0.6 is 0 Å². The first-order chi connectivity index (χ1) is 58.2. The molecule has 1 fully saturated rings. The van der Waals surface area contributed by atoms with Gasteiger partial charge in [-0.15, -0.1) is 10.2 Å². The lowest BCUT2D eigenvalue weighted by molar-refractivity contribution is -0.125. The van der Waals surface area contributed by atoms with Gasteiger partial charge in [-0.25, -0.2) is 71.3 Å². The number of fused-ring (bicyclic) bond motifs is 5. The molecule has 9 aromatic rings. The van der Waals surface area contributed by atoms with Crippen LogP contribution in [0.1, 0.15) is 107 Å². The average Bonchev–Trinajstić information content (AvgIpc) is 1.03. The predicted octanol–water partition coefficient (Wildman–Crippen LogP) is 7.46. The number of sulfonamides is 5. The molecule has 0 spiro atoms. The molecule has 6 aliphatic rings. The molecule has 1 saturated heterocycles. The molecule has 0 radical (unpaired) electrons. The first kappa shape index (κ1) is 99.2. The van der Waals surface area contributed by atoms with Gasteiger partial charge < -0.3 is 43.5 Å². The first-order valence-electron chi connectivity index (χ1n) is 39.3. The van der Waals surface area contributed by atoms with Gasteiger partial charge >= 0.3 is 29.3 Å². The summed E-state index contributed by atoms with van der Waals surface area (Å²) >= 11 is 0. The number of urea groups is 1. The summed E-state index contributed by atoms with van der Waals surface area (Å²) in [6, 6.07) is 34.5. The number of H-pyrrole nitrogens is 3. The molecule has 5 atom stereocenters. The molecule has 46 heteroatoms. The van der Waals surface area contributed by atoms with Crippen molar-refractivity contribution in [3.63, 3.8) is 0 Å². The highest BCUT2D eigenvalue weighted by Crippen LogP contribution is 2.40. The van der Waals surface area contributed by atoms with Gasteiger partial charge in [0.1, 0.15) is 59.3 Å². The van der Waals surface area contributed by atoms with Crippen molar-refractivity contribution in [2.75, 3.05) is 117 Å². The number of carbonyl (C=O) groups is 2. The fraction of sp³-hybridized carbons (Fsp3) is 0.474. The lowest BCUT2D eigenvalue weighted by Crippen LogP contribution is -2.45. The van der Waals surface area contributed by atoms with Gasteiger partial charge in [0.05, 0.1) is 118 Å². The Balaban J connectivity index is 0.000000230. The molecule has 3 amide bonds. The Kier molecular flexibility index (Phi) is 38.2. The van der Waals surface area contributed by atoms with E-state index in [9.17, 15) is 66.1 Å². The number of rotatable bonds is 22. The number of amides is 3. The highest BCUT2D eigenvalue weighted by atomic mass is 32.2. The largest absolute Gasteiger partial charge is 0.486 e. The highest BCUT2D eigenvalue weighted by Gasteiger charge is 2.38. The van der Waals surface area contributed by atoms with Crippen molar-refractivity contribution < 1.29 is 93.6 Å². The van der Waals surface area contributed by atoms with E-state index in [1.807, 2.05) is 81.4 Å². The van der Waals surface area contributed by atoms with Crippen molar-refractivity contribution in [3.05, 3.63) is 171 Å². The second kappa shape index (κ2) is 47.0. The number of hydrogen-bond donors (Lipinski definition) is 5. The fourth-order valence-corrected chi connectivity index (χ4v) is 16.9. The molecule has 4 aromatic heterocycles. The molecular weight excluding hydrogens is 1700 g/mol. The molecular formula is C76H109N17O24S5. The van der Waals surface area contributed by atoms with E-state index in [-0.39, 0.29) is 94.4 Å². The van der Waals surface area contributed by atoms with Crippen molar-refractivity contribution in [2.45, 2.75) is 145 Å². The monoisotopic (exact) mass is 1800 g/mol. The number of para-hydroxylation sites is 10. The maximum Gasteiger partial charge on any atom is 0.441 e. The van der Waals surface area contributed by atoms with Gasteiger partial charge in [-0.3, -0.25) is 49.9 Å². The SMILES string of the molecule is CC.CC.CC.CC.CC.CS(=O)(=O)N1C[C@H](CCCn2ccnn2)Oc2ccccc21.CS(=O)(=O)N1C[C@H](CCN2C(=O)CNC2=O)Oc2ccccc21.CS(=O)(=O)N1C[C@H](CCNc2noc(=O)[nH]2)Oc2ccccc21.CS(=O)(=O)N1C[C@H](CCOc2noc(=O)[nH]2)Oc2ccccc21.CS(=O)(=O)N1C[C@H](Cc2n[nH]c(=O)o2)Oc2ccccc21. The van der Waals surface area contributed by atoms with Crippen LogP contribution in [0.25, 0.3) is 0 Å². The van der Waals surface area contributed by atoms with Crippen LogP contribution in [0.4, 0.5) is 39.2 Å². The maximum atomic E-state index is 12.0. The summed E-state index contributed by atoms with van der Waals surface area (Å²) < 4.78 is 176. The lowest BCUT2D eigenvalue weighted by Gasteiger charge is -2.35. The van der Waals surface area contributed by atoms with Crippen molar-refractivity contribution in [1.29, 1.82) is 0 Å². The van der Waals surface area contributed by atoms with Crippen LogP contribution in [0.3, 0.4) is 0 Å².